The van der Waals surface area contributed by atoms with Crippen molar-refractivity contribution in [2.24, 2.45) is 0 Å². The number of nitrogens with one attached hydrogen (secondary N) is 1. The van der Waals surface area contributed by atoms with Crippen LogP contribution in [0.25, 0.3) is 0 Å². The summed E-state index contributed by atoms with van der Waals surface area (Å²) in [5.41, 5.74) is 2.05. The molecular weight excluding hydrogens is 297 g/mol. The number of hydrogen-bond acceptors (Lipinski definition) is 2. The van der Waals surface area contributed by atoms with Crippen LogP contribution in [0.3, 0.4) is 0 Å². The minimum absolute atomic E-state index is 0.160. The summed E-state index contributed by atoms with van der Waals surface area (Å²) in [6, 6.07) is 7.51. The first-order valence-electron chi connectivity index (χ1n) is 5.01. The van der Waals surface area contributed by atoms with Gasteiger partial charge in [-0.05, 0) is 42.1 Å². The Kier molecular flexibility index (Phi) is 4.21. The number of halogens is 3. The SMILES string of the molecule is CC(Nc1cc(Cl)cc(Cl)c1)c1csc(Cl)c1. The van der Waals surface area contributed by atoms with Gasteiger partial charge in [0.2, 0.25) is 0 Å². The molecule has 1 unspecified atom stereocenters. The van der Waals surface area contributed by atoms with Gasteiger partial charge in [-0.3, -0.25) is 0 Å². The van der Waals surface area contributed by atoms with Gasteiger partial charge in [-0.15, -0.1) is 11.3 Å². The maximum atomic E-state index is 5.94. The van der Waals surface area contributed by atoms with Gasteiger partial charge in [0.25, 0.3) is 0 Å². The number of rotatable bonds is 3. The molecule has 0 saturated carbocycles. The Bertz CT molecular complexity index is 504. The van der Waals surface area contributed by atoms with Crippen LogP contribution in [0.1, 0.15) is 18.5 Å². The summed E-state index contributed by atoms with van der Waals surface area (Å²) < 4.78 is 0.790. The Morgan fingerprint density at radius 2 is 1.71 bits per heavy atom. The molecule has 5 heteroatoms. The predicted octanol–water partition coefficient (Wildman–Crippen LogP) is 5.88. The molecule has 2 rings (SSSR count). The van der Waals surface area contributed by atoms with Crippen LogP contribution >= 0.6 is 46.1 Å². The summed E-state index contributed by atoms with van der Waals surface area (Å²) in [6.07, 6.45) is 0. The van der Waals surface area contributed by atoms with E-state index < -0.39 is 0 Å². The second-order valence-electron chi connectivity index (χ2n) is 3.71. The number of anilines is 1. The van der Waals surface area contributed by atoms with Gasteiger partial charge in [0, 0.05) is 21.8 Å². The molecular formula is C12H10Cl3NS. The lowest BCUT2D eigenvalue weighted by molar-refractivity contribution is 0.891. The molecule has 0 bridgehead atoms. The standard InChI is InChI=1S/C12H10Cl3NS/c1-7(8-2-12(15)17-6-8)16-11-4-9(13)3-10(14)5-11/h2-7,16H,1H3. The molecule has 0 saturated heterocycles. The molecule has 2 aromatic rings. The highest BCUT2D eigenvalue weighted by molar-refractivity contribution is 7.14. The first-order valence-corrected chi connectivity index (χ1v) is 7.02. The lowest BCUT2D eigenvalue weighted by Crippen LogP contribution is -2.05. The third-order valence-electron chi connectivity index (χ3n) is 2.33. The van der Waals surface area contributed by atoms with E-state index in [1.807, 2.05) is 23.6 Å². The third kappa shape index (κ3) is 3.52. The molecule has 0 aliphatic carbocycles. The molecule has 0 spiro atoms. The number of thiophene rings is 1. The van der Waals surface area contributed by atoms with Crippen molar-refractivity contribution in [1.29, 1.82) is 0 Å². The topological polar surface area (TPSA) is 12.0 Å². The molecule has 0 amide bonds. The van der Waals surface area contributed by atoms with Gasteiger partial charge in [-0.1, -0.05) is 34.8 Å². The smallest absolute Gasteiger partial charge is 0.0931 e. The Hall–Kier alpha value is -0.410. The van der Waals surface area contributed by atoms with Crippen LogP contribution in [0, 0.1) is 0 Å². The second-order valence-corrected chi connectivity index (χ2v) is 6.12. The van der Waals surface area contributed by atoms with Crippen LogP contribution in [0.5, 0.6) is 0 Å². The lowest BCUT2D eigenvalue weighted by Gasteiger charge is -2.14. The molecule has 0 fully saturated rings. The van der Waals surface area contributed by atoms with Crippen molar-refractivity contribution in [2.75, 3.05) is 5.32 Å². The fourth-order valence-electron chi connectivity index (χ4n) is 1.52. The van der Waals surface area contributed by atoms with Gasteiger partial charge in [-0.25, -0.2) is 0 Å². The minimum atomic E-state index is 0.160. The Balaban J connectivity index is 2.15. The van der Waals surface area contributed by atoms with Crippen molar-refractivity contribution in [3.63, 3.8) is 0 Å². The summed E-state index contributed by atoms with van der Waals surface area (Å²) in [4.78, 5) is 0. The fourth-order valence-corrected chi connectivity index (χ4v) is 3.03. The molecule has 1 nitrogen and oxygen atoms in total. The summed E-state index contributed by atoms with van der Waals surface area (Å²) in [5.74, 6) is 0. The van der Waals surface area contributed by atoms with Gasteiger partial charge in [0.1, 0.15) is 0 Å². The van der Waals surface area contributed by atoms with E-state index in [0.717, 1.165) is 15.6 Å². The van der Waals surface area contributed by atoms with Gasteiger partial charge in [-0.2, -0.15) is 0 Å². The number of benzene rings is 1. The lowest BCUT2D eigenvalue weighted by atomic mass is 10.1. The molecule has 90 valence electrons. The van der Waals surface area contributed by atoms with Crippen molar-refractivity contribution in [3.8, 4) is 0 Å². The monoisotopic (exact) mass is 305 g/mol. The summed E-state index contributed by atoms with van der Waals surface area (Å²) in [5, 5.41) is 6.61. The van der Waals surface area contributed by atoms with Gasteiger partial charge in [0.05, 0.1) is 4.34 Å². The molecule has 0 aliphatic heterocycles. The van der Waals surface area contributed by atoms with Crippen LogP contribution in [-0.4, -0.2) is 0 Å². The molecule has 1 aromatic heterocycles. The van der Waals surface area contributed by atoms with E-state index in [0.29, 0.717) is 10.0 Å². The summed E-state index contributed by atoms with van der Waals surface area (Å²) in [6.45, 7) is 2.06. The van der Waals surface area contributed by atoms with Gasteiger partial charge in [0.15, 0.2) is 0 Å². The van der Waals surface area contributed by atoms with Crippen molar-refractivity contribution in [2.45, 2.75) is 13.0 Å². The van der Waals surface area contributed by atoms with Crippen molar-refractivity contribution in [1.82, 2.24) is 0 Å². The van der Waals surface area contributed by atoms with E-state index >= 15 is 0 Å². The zero-order valence-electron chi connectivity index (χ0n) is 9.01. The Morgan fingerprint density at radius 1 is 1.06 bits per heavy atom. The van der Waals surface area contributed by atoms with Crippen LogP contribution in [0.2, 0.25) is 14.4 Å². The van der Waals surface area contributed by atoms with E-state index in [1.165, 1.54) is 11.3 Å². The largest absolute Gasteiger partial charge is 0.378 e. The van der Waals surface area contributed by atoms with Crippen molar-refractivity contribution in [3.05, 3.63) is 49.6 Å². The molecule has 1 N–H and O–H groups in total. The first kappa shape index (κ1) is 13.0. The average Bonchev–Trinajstić information content (AvgIpc) is 2.63. The second kappa shape index (κ2) is 5.49. The van der Waals surface area contributed by atoms with E-state index in [2.05, 4.69) is 12.2 Å². The Morgan fingerprint density at radius 3 is 2.24 bits per heavy atom. The summed E-state index contributed by atoms with van der Waals surface area (Å²) in [7, 11) is 0. The van der Waals surface area contributed by atoms with Crippen molar-refractivity contribution >= 4 is 51.8 Å². The van der Waals surface area contributed by atoms with Gasteiger partial charge < -0.3 is 5.32 Å². The van der Waals surface area contributed by atoms with E-state index in [-0.39, 0.29) is 6.04 Å². The highest BCUT2D eigenvalue weighted by atomic mass is 35.5. The van der Waals surface area contributed by atoms with E-state index in [4.69, 9.17) is 34.8 Å². The highest BCUT2D eigenvalue weighted by Gasteiger charge is 2.08. The molecule has 0 aliphatic rings. The highest BCUT2D eigenvalue weighted by Crippen LogP contribution is 2.29. The van der Waals surface area contributed by atoms with Crippen LogP contribution < -0.4 is 5.32 Å². The predicted molar refractivity (Wildman–Crippen MR) is 77.8 cm³/mol. The minimum Gasteiger partial charge on any atom is -0.378 e. The molecule has 1 atom stereocenters. The van der Waals surface area contributed by atoms with E-state index in [9.17, 15) is 0 Å². The first-order chi connectivity index (χ1) is 8.04. The van der Waals surface area contributed by atoms with Crippen LogP contribution in [0.15, 0.2) is 29.6 Å². The van der Waals surface area contributed by atoms with Crippen molar-refractivity contribution < 1.29 is 0 Å². The third-order valence-corrected chi connectivity index (χ3v) is 3.88. The maximum Gasteiger partial charge on any atom is 0.0931 e. The van der Waals surface area contributed by atoms with Gasteiger partial charge >= 0.3 is 0 Å². The Labute approximate surface area is 119 Å². The van der Waals surface area contributed by atoms with Crippen LogP contribution in [0.4, 0.5) is 5.69 Å². The quantitative estimate of drug-likeness (QED) is 0.746. The zero-order chi connectivity index (χ0) is 12.4. The number of hydrogen-bond donors (Lipinski definition) is 1. The van der Waals surface area contributed by atoms with E-state index in [1.54, 1.807) is 6.07 Å². The maximum absolute atomic E-state index is 5.94. The average molecular weight is 307 g/mol. The summed E-state index contributed by atoms with van der Waals surface area (Å²) >= 11 is 19.3. The fraction of sp³-hybridized carbons (Fsp3) is 0.167. The molecule has 1 aromatic carbocycles. The normalized spacial score (nSPS) is 12.5. The molecule has 17 heavy (non-hydrogen) atoms. The van der Waals surface area contributed by atoms with Crippen LogP contribution in [-0.2, 0) is 0 Å². The zero-order valence-corrected chi connectivity index (χ0v) is 12.1. The molecule has 0 radical (unpaired) electrons. The molecule has 1 heterocycles.